The highest BCUT2D eigenvalue weighted by atomic mass is 16.1. The van der Waals surface area contributed by atoms with Gasteiger partial charge >= 0.3 is 0 Å². The second-order valence-corrected chi connectivity index (χ2v) is 5.18. The standard InChI is InChI=1S/C13H28N4O/c1-4-17-9-5-11(6-10-17)16(3)8-7-12(15-2)13(14)18/h11-12,15H,4-10H2,1-3H3,(H2,14,18). The highest BCUT2D eigenvalue weighted by molar-refractivity contribution is 5.79. The number of likely N-dealkylation sites (N-methyl/N-ethyl adjacent to an activating group) is 1. The lowest BCUT2D eigenvalue weighted by atomic mass is 10.0. The van der Waals surface area contributed by atoms with Gasteiger partial charge in [-0.3, -0.25) is 4.79 Å². The topological polar surface area (TPSA) is 61.6 Å². The van der Waals surface area contributed by atoms with Crippen LogP contribution in [0, 0.1) is 0 Å². The van der Waals surface area contributed by atoms with Crippen LogP contribution in [0.1, 0.15) is 26.2 Å². The van der Waals surface area contributed by atoms with Crippen molar-refractivity contribution >= 4 is 5.91 Å². The SMILES string of the molecule is CCN1CCC(N(C)CCC(NC)C(N)=O)CC1. The Morgan fingerprint density at radius 3 is 2.56 bits per heavy atom. The molecule has 0 aromatic heterocycles. The molecular formula is C13H28N4O. The van der Waals surface area contributed by atoms with E-state index < -0.39 is 0 Å². The van der Waals surface area contributed by atoms with Gasteiger partial charge in [-0.25, -0.2) is 0 Å². The molecule has 0 aromatic rings. The fraction of sp³-hybridized carbons (Fsp3) is 0.923. The van der Waals surface area contributed by atoms with E-state index >= 15 is 0 Å². The van der Waals surface area contributed by atoms with Gasteiger partial charge in [0.15, 0.2) is 0 Å². The molecule has 0 bridgehead atoms. The molecule has 1 amide bonds. The lowest BCUT2D eigenvalue weighted by Crippen LogP contribution is -2.46. The van der Waals surface area contributed by atoms with Gasteiger partial charge in [0, 0.05) is 12.6 Å². The highest BCUT2D eigenvalue weighted by Crippen LogP contribution is 2.15. The van der Waals surface area contributed by atoms with Crippen LogP contribution in [-0.4, -0.2) is 68.1 Å². The van der Waals surface area contributed by atoms with Gasteiger partial charge in [0.2, 0.25) is 5.91 Å². The summed E-state index contributed by atoms with van der Waals surface area (Å²) in [5.41, 5.74) is 5.32. The molecule has 3 N–H and O–H groups in total. The third-order valence-electron chi connectivity index (χ3n) is 4.09. The van der Waals surface area contributed by atoms with Crippen LogP contribution in [0.25, 0.3) is 0 Å². The summed E-state index contributed by atoms with van der Waals surface area (Å²) in [6.45, 7) is 6.67. The molecule has 1 atom stereocenters. The number of hydrogen-bond donors (Lipinski definition) is 2. The molecule has 1 aliphatic rings. The summed E-state index contributed by atoms with van der Waals surface area (Å²) in [6.07, 6.45) is 3.24. The van der Waals surface area contributed by atoms with E-state index in [1.165, 1.54) is 25.9 Å². The lowest BCUT2D eigenvalue weighted by molar-refractivity contribution is -0.120. The van der Waals surface area contributed by atoms with E-state index in [1.807, 2.05) is 0 Å². The number of nitrogens with two attached hydrogens (primary N) is 1. The smallest absolute Gasteiger partial charge is 0.234 e. The van der Waals surface area contributed by atoms with Crippen molar-refractivity contribution in [3.05, 3.63) is 0 Å². The summed E-state index contributed by atoms with van der Waals surface area (Å²) in [5, 5.41) is 2.97. The zero-order valence-electron chi connectivity index (χ0n) is 12.0. The minimum atomic E-state index is -0.258. The minimum absolute atomic E-state index is 0.205. The van der Waals surface area contributed by atoms with E-state index in [0.717, 1.165) is 19.5 Å². The van der Waals surface area contributed by atoms with Crippen molar-refractivity contribution in [2.75, 3.05) is 40.3 Å². The normalized spacial score (nSPS) is 20.2. The average Bonchev–Trinajstić information content (AvgIpc) is 2.39. The highest BCUT2D eigenvalue weighted by Gasteiger charge is 2.22. The molecule has 106 valence electrons. The Hall–Kier alpha value is -0.650. The number of primary amides is 1. The largest absolute Gasteiger partial charge is 0.368 e. The summed E-state index contributed by atoms with van der Waals surface area (Å²) < 4.78 is 0. The van der Waals surface area contributed by atoms with Gasteiger partial charge in [-0.1, -0.05) is 6.92 Å². The van der Waals surface area contributed by atoms with E-state index in [0.29, 0.717) is 6.04 Å². The minimum Gasteiger partial charge on any atom is -0.368 e. The summed E-state index contributed by atoms with van der Waals surface area (Å²) >= 11 is 0. The van der Waals surface area contributed by atoms with Crippen molar-refractivity contribution in [3.63, 3.8) is 0 Å². The fourth-order valence-corrected chi connectivity index (χ4v) is 2.62. The first-order valence-corrected chi connectivity index (χ1v) is 6.97. The Balaban J connectivity index is 2.28. The van der Waals surface area contributed by atoms with Crippen LogP contribution < -0.4 is 11.1 Å². The Morgan fingerprint density at radius 2 is 2.11 bits per heavy atom. The van der Waals surface area contributed by atoms with Gasteiger partial charge in [-0.2, -0.15) is 0 Å². The number of amides is 1. The molecule has 5 heteroatoms. The number of rotatable bonds is 7. The van der Waals surface area contributed by atoms with E-state index in [1.54, 1.807) is 7.05 Å². The van der Waals surface area contributed by atoms with E-state index in [2.05, 4.69) is 29.1 Å². The molecule has 0 radical (unpaired) electrons. The molecule has 1 unspecified atom stereocenters. The second-order valence-electron chi connectivity index (χ2n) is 5.18. The summed E-state index contributed by atoms with van der Waals surface area (Å²) in [7, 11) is 3.94. The molecular weight excluding hydrogens is 228 g/mol. The molecule has 1 fully saturated rings. The zero-order chi connectivity index (χ0) is 13.5. The number of piperidine rings is 1. The quantitative estimate of drug-likeness (QED) is 0.666. The Kier molecular flexibility index (Phi) is 6.60. The van der Waals surface area contributed by atoms with Crippen molar-refractivity contribution in [3.8, 4) is 0 Å². The Morgan fingerprint density at radius 1 is 1.50 bits per heavy atom. The van der Waals surface area contributed by atoms with Crippen LogP contribution in [0.3, 0.4) is 0 Å². The number of nitrogens with one attached hydrogen (secondary N) is 1. The van der Waals surface area contributed by atoms with Crippen LogP contribution in [0.2, 0.25) is 0 Å². The molecule has 1 saturated heterocycles. The third-order valence-corrected chi connectivity index (χ3v) is 4.09. The lowest BCUT2D eigenvalue weighted by Gasteiger charge is -2.36. The molecule has 1 aliphatic heterocycles. The first-order valence-electron chi connectivity index (χ1n) is 6.97. The fourth-order valence-electron chi connectivity index (χ4n) is 2.62. The maximum Gasteiger partial charge on any atom is 0.234 e. The third kappa shape index (κ3) is 4.55. The van der Waals surface area contributed by atoms with Gasteiger partial charge in [0.1, 0.15) is 0 Å². The van der Waals surface area contributed by atoms with Crippen molar-refractivity contribution in [2.24, 2.45) is 5.73 Å². The number of carbonyl (C=O) groups is 1. The van der Waals surface area contributed by atoms with Crippen LogP contribution in [0.15, 0.2) is 0 Å². The molecule has 1 rings (SSSR count). The molecule has 0 spiro atoms. The van der Waals surface area contributed by atoms with Gasteiger partial charge in [-0.15, -0.1) is 0 Å². The average molecular weight is 256 g/mol. The van der Waals surface area contributed by atoms with Gasteiger partial charge < -0.3 is 20.9 Å². The Labute approximate surface area is 111 Å². The van der Waals surface area contributed by atoms with Crippen LogP contribution in [-0.2, 0) is 4.79 Å². The second kappa shape index (κ2) is 7.71. The number of nitrogens with zero attached hydrogens (tertiary/aromatic N) is 2. The maximum atomic E-state index is 11.1. The van der Waals surface area contributed by atoms with E-state index in [9.17, 15) is 4.79 Å². The maximum absolute atomic E-state index is 11.1. The van der Waals surface area contributed by atoms with Gasteiger partial charge in [0.05, 0.1) is 6.04 Å². The zero-order valence-corrected chi connectivity index (χ0v) is 12.0. The first-order chi connectivity index (χ1) is 8.58. The molecule has 1 heterocycles. The van der Waals surface area contributed by atoms with Crippen LogP contribution in [0.5, 0.6) is 0 Å². The Bertz CT molecular complexity index is 251. The molecule has 18 heavy (non-hydrogen) atoms. The van der Waals surface area contributed by atoms with Crippen molar-refractivity contribution in [1.29, 1.82) is 0 Å². The number of likely N-dealkylation sites (tertiary alicyclic amines) is 1. The predicted molar refractivity (Wildman–Crippen MR) is 74.4 cm³/mol. The van der Waals surface area contributed by atoms with E-state index in [4.69, 9.17) is 5.73 Å². The molecule has 0 aliphatic carbocycles. The summed E-state index contributed by atoms with van der Waals surface area (Å²) in [6, 6.07) is 0.446. The molecule has 0 aromatic carbocycles. The van der Waals surface area contributed by atoms with Crippen LogP contribution in [0.4, 0.5) is 0 Å². The van der Waals surface area contributed by atoms with Crippen molar-refractivity contribution in [2.45, 2.75) is 38.3 Å². The first kappa shape index (κ1) is 15.4. The number of carbonyl (C=O) groups excluding carboxylic acids is 1. The summed E-state index contributed by atoms with van der Waals surface area (Å²) in [5.74, 6) is -0.258. The molecule has 0 saturated carbocycles. The summed E-state index contributed by atoms with van der Waals surface area (Å²) in [4.78, 5) is 16.0. The van der Waals surface area contributed by atoms with Gasteiger partial charge in [-0.05, 0) is 53.0 Å². The van der Waals surface area contributed by atoms with E-state index in [-0.39, 0.29) is 11.9 Å². The van der Waals surface area contributed by atoms with Crippen LogP contribution >= 0.6 is 0 Å². The predicted octanol–water partition coefficient (Wildman–Crippen LogP) is -0.134. The van der Waals surface area contributed by atoms with Gasteiger partial charge in [0.25, 0.3) is 0 Å². The van der Waals surface area contributed by atoms with Crippen molar-refractivity contribution < 1.29 is 4.79 Å². The number of hydrogen-bond acceptors (Lipinski definition) is 4. The van der Waals surface area contributed by atoms with Crippen molar-refractivity contribution in [1.82, 2.24) is 15.1 Å². The monoisotopic (exact) mass is 256 g/mol. The molecule has 5 nitrogen and oxygen atoms in total.